The van der Waals surface area contributed by atoms with Gasteiger partial charge in [-0.05, 0) is 29.5 Å². The molecule has 0 aliphatic carbocycles. The average molecular weight is 313 g/mol. The standard InChI is InChI=1S/C16H25ClN2O2/c1-16(2,3)11-14(12-5-7-13(17)8-6-12)18-15(21)19(4)9-10-20/h5-8,14,20H,9-11H2,1-4H3,(H,18,21). The SMILES string of the molecule is CN(CCO)C(=O)NC(CC(C)(C)C)c1ccc(Cl)cc1. The van der Waals surface area contributed by atoms with Gasteiger partial charge in [-0.25, -0.2) is 4.79 Å². The molecule has 21 heavy (non-hydrogen) atoms. The van der Waals surface area contributed by atoms with Crippen LogP contribution in [0.4, 0.5) is 4.79 Å². The predicted molar refractivity (Wildman–Crippen MR) is 86.5 cm³/mol. The maximum Gasteiger partial charge on any atom is 0.317 e. The quantitative estimate of drug-likeness (QED) is 0.875. The van der Waals surface area contributed by atoms with E-state index in [1.165, 1.54) is 4.90 Å². The van der Waals surface area contributed by atoms with Crippen molar-refractivity contribution < 1.29 is 9.90 Å². The Bertz CT molecular complexity index is 454. The number of halogens is 1. The Morgan fingerprint density at radius 2 is 1.90 bits per heavy atom. The second kappa shape index (κ2) is 7.66. The third kappa shape index (κ3) is 6.36. The highest BCUT2D eigenvalue weighted by atomic mass is 35.5. The monoisotopic (exact) mass is 312 g/mol. The summed E-state index contributed by atoms with van der Waals surface area (Å²) in [7, 11) is 1.67. The fourth-order valence-electron chi connectivity index (χ4n) is 2.07. The number of aliphatic hydroxyl groups excluding tert-OH is 1. The third-order valence-electron chi connectivity index (χ3n) is 3.17. The van der Waals surface area contributed by atoms with Gasteiger partial charge in [0.25, 0.3) is 0 Å². The first-order chi connectivity index (χ1) is 9.73. The summed E-state index contributed by atoms with van der Waals surface area (Å²) < 4.78 is 0. The Morgan fingerprint density at radius 1 is 1.33 bits per heavy atom. The molecule has 2 N–H and O–H groups in total. The van der Waals surface area contributed by atoms with Crippen molar-refractivity contribution in [2.24, 2.45) is 5.41 Å². The van der Waals surface area contributed by atoms with E-state index in [0.29, 0.717) is 11.6 Å². The molecular formula is C16H25ClN2O2. The maximum absolute atomic E-state index is 12.1. The Hall–Kier alpha value is -1.26. The van der Waals surface area contributed by atoms with Gasteiger partial charge >= 0.3 is 6.03 Å². The zero-order valence-electron chi connectivity index (χ0n) is 13.2. The van der Waals surface area contributed by atoms with E-state index >= 15 is 0 Å². The van der Waals surface area contributed by atoms with Crippen LogP contribution in [0.5, 0.6) is 0 Å². The van der Waals surface area contributed by atoms with Gasteiger partial charge in [0.2, 0.25) is 0 Å². The Balaban J connectivity index is 2.87. The highest BCUT2D eigenvalue weighted by Crippen LogP contribution is 2.30. The number of nitrogens with zero attached hydrogens (tertiary/aromatic N) is 1. The second-order valence-electron chi connectivity index (χ2n) is 6.46. The van der Waals surface area contributed by atoms with Crippen LogP contribution >= 0.6 is 11.6 Å². The van der Waals surface area contributed by atoms with Crippen LogP contribution in [0.2, 0.25) is 5.02 Å². The van der Waals surface area contributed by atoms with Gasteiger partial charge in [-0.1, -0.05) is 44.5 Å². The first-order valence-electron chi connectivity index (χ1n) is 7.11. The fraction of sp³-hybridized carbons (Fsp3) is 0.562. The summed E-state index contributed by atoms with van der Waals surface area (Å²) in [4.78, 5) is 13.6. The number of hydrogen-bond acceptors (Lipinski definition) is 2. The smallest absolute Gasteiger partial charge is 0.317 e. The van der Waals surface area contributed by atoms with Gasteiger partial charge < -0.3 is 15.3 Å². The summed E-state index contributed by atoms with van der Waals surface area (Å²) in [6.07, 6.45) is 0.813. The van der Waals surface area contributed by atoms with Gasteiger partial charge in [-0.15, -0.1) is 0 Å². The minimum atomic E-state index is -0.187. The summed E-state index contributed by atoms with van der Waals surface area (Å²) in [5.74, 6) is 0. The lowest BCUT2D eigenvalue weighted by Gasteiger charge is -2.29. The molecule has 0 aliphatic heterocycles. The minimum Gasteiger partial charge on any atom is -0.395 e. The van der Waals surface area contributed by atoms with Crippen molar-refractivity contribution >= 4 is 17.6 Å². The molecule has 0 spiro atoms. The van der Waals surface area contributed by atoms with Crippen LogP contribution in [-0.2, 0) is 0 Å². The molecule has 1 atom stereocenters. The first kappa shape index (κ1) is 17.8. The molecule has 0 heterocycles. The van der Waals surface area contributed by atoms with E-state index in [-0.39, 0.29) is 24.1 Å². The molecule has 0 radical (unpaired) electrons. The Morgan fingerprint density at radius 3 is 2.38 bits per heavy atom. The normalized spacial score (nSPS) is 12.9. The lowest BCUT2D eigenvalue weighted by atomic mass is 9.85. The van der Waals surface area contributed by atoms with Crippen LogP contribution in [0.3, 0.4) is 0 Å². The van der Waals surface area contributed by atoms with Crippen LogP contribution in [0.25, 0.3) is 0 Å². The van der Waals surface area contributed by atoms with Gasteiger partial charge in [-0.2, -0.15) is 0 Å². The maximum atomic E-state index is 12.1. The van der Waals surface area contributed by atoms with Crippen LogP contribution in [0, 0.1) is 5.41 Å². The van der Waals surface area contributed by atoms with E-state index in [4.69, 9.17) is 16.7 Å². The number of amides is 2. The molecule has 2 amide bonds. The topological polar surface area (TPSA) is 52.6 Å². The van der Waals surface area contributed by atoms with Gasteiger partial charge in [-0.3, -0.25) is 0 Å². The third-order valence-corrected chi connectivity index (χ3v) is 3.42. The predicted octanol–water partition coefficient (Wildman–Crippen LogP) is 3.45. The molecule has 0 bridgehead atoms. The number of carbonyl (C=O) groups is 1. The molecule has 1 rings (SSSR count). The number of nitrogens with one attached hydrogen (secondary N) is 1. The van der Waals surface area contributed by atoms with E-state index in [2.05, 4.69) is 26.1 Å². The van der Waals surface area contributed by atoms with Gasteiger partial charge in [0, 0.05) is 18.6 Å². The van der Waals surface area contributed by atoms with Gasteiger partial charge in [0.1, 0.15) is 0 Å². The lowest BCUT2D eigenvalue weighted by Crippen LogP contribution is -2.41. The highest BCUT2D eigenvalue weighted by Gasteiger charge is 2.23. The van der Waals surface area contributed by atoms with Crippen molar-refractivity contribution in [2.75, 3.05) is 20.2 Å². The number of carbonyl (C=O) groups excluding carboxylic acids is 1. The van der Waals surface area contributed by atoms with Crippen molar-refractivity contribution in [3.05, 3.63) is 34.9 Å². The van der Waals surface area contributed by atoms with E-state index in [1.807, 2.05) is 24.3 Å². The molecule has 0 aromatic heterocycles. The molecule has 4 nitrogen and oxygen atoms in total. The van der Waals surface area contributed by atoms with E-state index in [0.717, 1.165) is 12.0 Å². The molecule has 0 aliphatic rings. The number of aliphatic hydroxyl groups is 1. The summed E-state index contributed by atoms with van der Waals surface area (Å²) in [6.45, 7) is 6.68. The molecule has 0 saturated carbocycles. The lowest BCUT2D eigenvalue weighted by molar-refractivity contribution is 0.183. The zero-order chi connectivity index (χ0) is 16.0. The molecule has 5 heteroatoms. The van der Waals surface area contributed by atoms with E-state index < -0.39 is 0 Å². The van der Waals surface area contributed by atoms with Crippen LogP contribution < -0.4 is 5.32 Å². The average Bonchev–Trinajstić information content (AvgIpc) is 2.37. The minimum absolute atomic E-state index is 0.0468. The zero-order valence-corrected chi connectivity index (χ0v) is 13.9. The number of likely N-dealkylation sites (N-methyl/N-ethyl adjacent to an activating group) is 1. The fourth-order valence-corrected chi connectivity index (χ4v) is 2.20. The van der Waals surface area contributed by atoms with Crippen molar-refractivity contribution in [2.45, 2.75) is 33.2 Å². The highest BCUT2D eigenvalue weighted by molar-refractivity contribution is 6.30. The number of hydrogen-bond donors (Lipinski definition) is 2. The van der Waals surface area contributed by atoms with Crippen LogP contribution in [-0.4, -0.2) is 36.2 Å². The molecule has 118 valence electrons. The Labute approximate surface area is 132 Å². The molecule has 1 aromatic carbocycles. The van der Waals surface area contributed by atoms with E-state index in [9.17, 15) is 4.79 Å². The number of benzene rings is 1. The first-order valence-corrected chi connectivity index (χ1v) is 7.48. The van der Waals surface area contributed by atoms with Crippen molar-refractivity contribution in [1.29, 1.82) is 0 Å². The summed E-state index contributed by atoms with van der Waals surface area (Å²) in [6, 6.07) is 7.26. The number of rotatable bonds is 5. The molecule has 1 unspecified atom stereocenters. The van der Waals surface area contributed by atoms with Crippen LogP contribution in [0.1, 0.15) is 38.8 Å². The Kier molecular flexibility index (Phi) is 6.49. The summed E-state index contributed by atoms with van der Waals surface area (Å²) in [5, 5.41) is 12.6. The molecule has 1 aromatic rings. The second-order valence-corrected chi connectivity index (χ2v) is 6.90. The number of urea groups is 1. The van der Waals surface area contributed by atoms with Gasteiger partial charge in [0.05, 0.1) is 12.6 Å². The largest absolute Gasteiger partial charge is 0.395 e. The molecule has 0 fully saturated rings. The van der Waals surface area contributed by atoms with Gasteiger partial charge in [0.15, 0.2) is 0 Å². The van der Waals surface area contributed by atoms with Crippen molar-refractivity contribution in [3.63, 3.8) is 0 Å². The van der Waals surface area contributed by atoms with Crippen molar-refractivity contribution in [1.82, 2.24) is 10.2 Å². The van der Waals surface area contributed by atoms with E-state index in [1.54, 1.807) is 7.05 Å². The molecular weight excluding hydrogens is 288 g/mol. The van der Waals surface area contributed by atoms with Crippen molar-refractivity contribution in [3.8, 4) is 0 Å². The summed E-state index contributed by atoms with van der Waals surface area (Å²) in [5.41, 5.74) is 1.10. The molecule has 0 saturated heterocycles. The summed E-state index contributed by atoms with van der Waals surface area (Å²) >= 11 is 5.92. The van der Waals surface area contributed by atoms with Crippen LogP contribution in [0.15, 0.2) is 24.3 Å².